The molecule has 1 aromatic carbocycles. The Kier molecular flexibility index (Phi) is 5.57. The molecule has 1 amide bonds. The van der Waals surface area contributed by atoms with E-state index in [1.165, 1.54) is 11.0 Å². The third-order valence-corrected chi connectivity index (χ3v) is 5.63. The Morgan fingerprint density at radius 1 is 1.18 bits per heavy atom. The van der Waals surface area contributed by atoms with Gasteiger partial charge in [0.05, 0.1) is 0 Å². The molecule has 1 aromatic rings. The summed E-state index contributed by atoms with van der Waals surface area (Å²) in [7, 11) is -5.85. The molecule has 0 N–H and O–H groups in total. The van der Waals surface area contributed by atoms with Crippen molar-refractivity contribution in [2.75, 3.05) is 19.8 Å². The molecule has 2 aliphatic rings. The molecular weight excluding hydrogens is 403 g/mol. The van der Waals surface area contributed by atoms with Crippen molar-refractivity contribution in [2.24, 2.45) is 0 Å². The third kappa shape index (κ3) is 3.95. The summed E-state index contributed by atoms with van der Waals surface area (Å²) < 4.78 is 76.0. The minimum Gasteiger partial charge on any atom is -0.445 e. The number of rotatable bonds is 4. The van der Waals surface area contributed by atoms with E-state index in [0.717, 1.165) is 5.56 Å². The minimum absolute atomic E-state index is 0.0280. The standard InChI is InChI=1S/C17H18F3NO6S/c18-17(19,20)28(23,24)27-14-6-9-21(16(14)7-10-25-11-8-16)15(22)26-12-13-4-2-1-3-5-13/h1-6H,7-12H2. The molecule has 0 unspecified atom stereocenters. The zero-order valence-electron chi connectivity index (χ0n) is 14.6. The Morgan fingerprint density at radius 2 is 1.82 bits per heavy atom. The van der Waals surface area contributed by atoms with Gasteiger partial charge in [0.1, 0.15) is 17.9 Å². The Bertz CT molecular complexity index is 847. The van der Waals surface area contributed by atoms with E-state index in [1.807, 2.05) is 0 Å². The van der Waals surface area contributed by atoms with E-state index in [2.05, 4.69) is 4.18 Å². The maximum atomic E-state index is 12.7. The summed E-state index contributed by atoms with van der Waals surface area (Å²) in [6.45, 7) is 0.112. The molecule has 11 heteroatoms. The highest BCUT2D eigenvalue weighted by atomic mass is 32.2. The molecule has 0 aromatic heterocycles. The quantitative estimate of drug-likeness (QED) is 0.549. The molecule has 0 saturated carbocycles. The number of benzene rings is 1. The van der Waals surface area contributed by atoms with Gasteiger partial charge in [-0.3, -0.25) is 4.90 Å². The van der Waals surface area contributed by atoms with Crippen LogP contribution >= 0.6 is 0 Å². The first-order chi connectivity index (χ1) is 13.2. The summed E-state index contributed by atoms with van der Waals surface area (Å²) in [5, 5.41) is 0. The molecule has 1 spiro atoms. The van der Waals surface area contributed by atoms with Crippen LogP contribution in [0.3, 0.4) is 0 Å². The number of ether oxygens (including phenoxy) is 2. The average molecular weight is 421 g/mol. The highest BCUT2D eigenvalue weighted by Crippen LogP contribution is 2.42. The minimum atomic E-state index is -5.85. The van der Waals surface area contributed by atoms with Crippen LogP contribution in [0.5, 0.6) is 0 Å². The number of amides is 1. The maximum absolute atomic E-state index is 12.7. The van der Waals surface area contributed by atoms with Crippen molar-refractivity contribution in [3.05, 3.63) is 47.7 Å². The second-order valence-electron chi connectivity index (χ2n) is 6.35. The van der Waals surface area contributed by atoms with Crippen LogP contribution in [0, 0.1) is 0 Å². The first kappa shape index (κ1) is 20.5. The molecule has 28 heavy (non-hydrogen) atoms. The number of nitrogens with zero attached hydrogens (tertiary/aromatic N) is 1. The van der Waals surface area contributed by atoms with Gasteiger partial charge in [-0.1, -0.05) is 30.3 Å². The Labute approximate surface area is 159 Å². The molecule has 2 heterocycles. The fourth-order valence-electron chi connectivity index (χ4n) is 3.22. The van der Waals surface area contributed by atoms with E-state index in [0.29, 0.717) is 0 Å². The second-order valence-corrected chi connectivity index (χ2v) is 7.88. The first-order valence-corrected chi connectivity index (χ1v) is 9.84. The number of hydrogen-bond acceptors (Lipinski definition) is 6. The van der Waals surface area contributed by atoms with Crippen molar-refractivity contribution < 1.29 is 40.0 Å². The topological polar surface area (TPSA) is 82.1 Å². The Morgan fingerprint density at radius 3 is 2.43 bits per heavy atom. The smallest absolute Gasteiger partial charge is 0.445 e. The summed E-state index contributed by atoms with van der Waals surface area (Å²) in [5.74, 6) is -0.426. The molecule has 0 bridgehead atoms. The lowest BCUT2D eigenvalue weighted by Gasteiger charge is -2.41. The van der Waals surface area contributed by atoms with E-state index in [4.69, 9.17) is 9.47 Å². The van der Waals surface area contributed by atoms with Gasteiger partial charge in [-0.15, -0.1) is 0 Å². The van der Waals surface area contributed by atoms with Crippen molar-refractivity contribution in [2.45, 2.75) is 30.5 Å². The van der Waals surface area contributed by atoms with Gasteiger partial charge >= 0.3 is 21.7 Å². The molecule has 0 atom stereocenters. The van der Waals surface area contributed by atoms with Gasteiger partial charge in [-0.25, -0.2) is 4.79 Å². The zero-order valence-corrected chi connectivity index (χ0v) is 15.5. The summed E-state index contributed by atoms with van der Waals surface area (Å²) in [6, 6.07) is 8.86. The lowest BCUT2D eigenvalue weighted by molar-refractivity contribution is -0.0556. The lowest BCUT2D eigenvalue weighted by Crippen LogP contribution is -2.53. The van der Waals surface area contributed by atoms with Crippen molar-refractivity contribution in [3.63, 3.8) is 0 Å². The molecule has 1 fully saturated rings. The van der Waals surface area contributed by atoms with Crippen LogP contribution in [0.2, 0.25) is 0 Å². The second kappa shape index (κ2) is 7.63. The van der Waals surface area contributed by atoms with Gasteiger partial charge < -0.3 is 13.7 Å². The molecule has 3 rings (SSSR count). The van der Waals surface area contributed by atoms with Crippen LogP contribution in [0.1, 0.15) is 18.4 Å². The van der Waals surface area contributed by atoms with Gasteiger partial charge in [-0.2, -0.15) is 21.6 Å². The van der Waals surface area contributed by atoms with Gasteiger partial charge in [-0.05, 0) is 11.6 Å². The van der Waals surface area contributed by atoms with Crippen molar-refractivity contribution in [1.29, 1.82) is 0 Å². The van der Waals surface area contributed by atoms with E-state index in [-0.39, 0.29) is 39.2 Å². The van der Waals surface area contributed by atoms with Gasteiger partial charge in [0.2, 0.25) is 0 Å². The summed E-state index contributed by atoms with van der Waals surface area (Å²) >= 11 is 0. The monoisotopic (exact) mass is 421 g/mol. The third-order valence-electron chi connectivity index (χ3n) is 4.66. The van der Waals surface area contributed by atoms with Crippen LogP contribution in [-0.2, 0) is 30.4 Å². The predicted octanol–water partition coefficient (Wildman–Crippen LogP) is 2.94. The number of hydrogen-bond donors (Lipinski definition) is 0. The van der Waals surface area contributed by atoms with Crippen LogP contribution in [0.15, 0.2) is 42.2 Å². The van der Waals surface area contributed by atoms with Crippen LogP contribution in [0.25, 0.3) is 0 Å². The molecule has 2 aliphatic heterocycles. The molecule has 1 saturated heterocycles. The SMILES string of the molecule is O=C(OCc1ccccc1)N1CC=C(OS(=O)(=O)C(F)(F)F)C12CCOCC2. The van der Waals surface area contributed by atoms with E-state index in [1.54, 1.807) is 30.3 Å². The summed E-state index contributed by atoms with van der Waals surface area (Å²) in [5.41, 5.74) is -6.19. The van der Waals surface area contributed by atoms with Crippen LogP contribution in [-0.4, -0.2) is 50.2 Å². The average Bonchev–Trinajstić information content (AvgIpc) is 2.97. The first-order valence-electron chi connectivity index (χ1n) is 8.43. The molecule has 7 nitrogen and oxygen atoms in total. The van der Waals surface area contributed by atoms with E-state index in [9.17, 15) is 26.4 Å². The number of carbonyl (C=O) groups is 1. The van der Waals surface area contributed by atoms with Crippen molar-refractivity contribution in [1.82, 2.24) is 4.90 Å². The van der Waals surface area contributed by atoms with Crippen LogP contribution < -0.4 is 0 Å². The molecule has 154 valence electrons. The molecule has 0 radical (unpaired) electrons. The normalized spacial score (nSPS) is 19.4. The summed E-state index contributed by atoms with van der Waals surface area (Å²) in [6.07, 6.45) is 0.572. The van der Waals surface area contributed by atoms with Gasteiger partial charge in [0.25, 0.3) is 0 Å². The highest BCUT2D eigenvalue weighted by Gasteiger charge is 2.55. The predicted molar refractivity (Wildman–Crippen MR) is 90.3 cm³/mol. The zero-order chi connectivity index (χ0) is 20.4. The fourth-order valence-corrected chi connectivity index (χ4v) is 3.77. The number of carbonyl (C=O) groups excluding carboxylic acids is 1. The number of halogens is 3. The lowest BCUT2D eigenvalue weighted by atomic mass is 9.88. The Hall–Kier alpha value is -2.27. The highest BCUT2D eigenvalue weighted by molar-refractivity contribution is 7.87. The van der Waals surface area contributed by atoms with Crippen LogP contribution in [0.4, 0.5) is 18.0 Å². The summed E-state index contributed by atoms with van der Waals surface area (Å²) in [4.78, 5) is 13.8. The van der Waals surface area contributed by atoms with Crippen molar-refractivity contribution in [3.8, 4) is 0 Å². The van der Waals surface area contributed by atoms with Gasteiger partial charge in [0, 0.05) is 32.6 Å². The fraction of sp³-hybridized carbons (Fsp3) is 0.471. The Balaban J connectivity index is 1.78. The molecular formula is C17H18F3NO6S. The van der Waals surface area contributed by atoms with E-state index >= 15 is 0 Å². The molecule has 0 aliphatic carbocycles. The number of alkyl halides is 3. The van der Waals surface area contributed by atoms with Crippen molar-refractivity contribution >= 4 is 16.2 Å². The largest absolute Gasteiger partial charge is 0.534 e. The van der Waals surface area contributed by atoms with Gasteiger partial charge in [0.15, 0.2) is 0 Å². The van der Waals surface area contributed by atoms with E-state index < -0.39 is 33.0 Å². The maximum Gasteiger partial charge on any atom is 0.534 e.